The fourth-order valence-corrected chi connectivity index (χ4v) is 4.93. The smallest absolute Gasteiger partial charge is 0.245 e. The number of hydrogen-bond donors (Lipinski definition) is 2. The molecule has 5 rings (SSSR count). The minimum atomic E-state index is -0.188. The number of aromatic nitrogens is 4. The van der Waals surface area contributed by atoms with Crippen LogP contribution in [0.25, 0.3) is 11.3 Å². The average molecular weight is 446 g/mol. The molecule has 0 spiro atoms. The van der Waals surface area contributed by atoms with Gasteiger partial charge in [0.15, 0.2) is 5.82 Å². The molecule has 0 saturated carbocycles. The lowest BCUT2D eigenvalue weighted by atomic mass is 10.1. The van der Waals surface area contributed by atoms with Gasteiger partial charge >= 0.3 is 0 Å². The second-order valence-corrected chi connectivity index (χ2v) is 8.67. The number of aromatic amines is 1. The maximum absolute atomic E-state index is 13.1. The monoisotopic (exact) mass is 445 g/mol. The molecule has 8 nitrogen and oxygen atoms in total. The highest BCUT2D eigenvalue weighted by Gasteiger charge is 2.35. The summed E-state index contributed by atoms with van der Waals surface area (Å²) in [6.45, 7) is 6.31. The number of amides is 1. The van der Waals surface area contributed by atoms with Crippen LogP contribution < -0.4 is 10.2 Å². The van der Waals surface area contributed by atoms with Gasteiger partial charge in [-0.2, -0.15) is 10.1 Å². The van der Waals surface area contributed by atoms with Crippen molar-refractivity contribution in [3.63, 3.8) is 0 Å². The standard InChI is InChI=1S/C25H31N7O/c1-3-31(4-2)24(33)21-14-9-15-32(21)25-26-19-13-8-12-18(19)23(28-25)27-22-16-20(29-30-22)17-10-6-5-7-11-17/h5-7,10-11,16,21H,3-4,8-9,12-15H2,1-2H3,(H2,26,27,28,29,30)/t21-/m0/s1. The van der Waals surface area contributed by atoms with Crippen LogP contribution in [0, 0.1) is 0 Å². The predicted molar refractivity (Wildman–Crippen MR) is 130 cm³/mol. The van der Waals surface area contributed by atoms with Crippen LogP contribution in [-0.4, -0.2) is 56.6 Å². The molecule has 1 aromatic carbocycles. The third-order valence-corrected chi connectivity index (χ3v) is 6.70. The number of benzene rings is 1. The summed E-state index contributed by atoms with van der Waals surface area (Å²) < 4.78 is 0. The number of H-pyrrole nitrogens is 1. The molecule has 0 bridgehead atoms. The van der Waals surface area contributed by atoms with Crippen molar-refractivity contribution in [2.75, 3.05) is 29.9 Å². The molecule has 0 unspecified atom stereocenters. The summed E-state index contributed by atoms with van der Waals surface area (Å²) in [5.41, 5.74) is 4.28. The topological polar surface area (TPSA) is 90.0 Å². The molecule has 1 aliphatic carbocycles. The zero-order chi connectivity index (χ0) is 22.8. The fourth-order valence-electron chi connectivity index (χ4n) is 4.93. The molecule has 1 fully saturated rings. The average Bonchev–Trinajstić information content (AvgIpc) is 3.60. The Morgan fingerprint density at radius 2 is 1.97 bits per heavy atom. The molecule has 3 heterocycles. The van der Waals surface area contributed by atoms with E-state index >= 15 is 0 Å². The second kappa shape index (κ2) is 9.21. The Morgan fingerprint density at radius 1 is 1.15 bits per heavy atom. The van der Waals surface area contributed by atoms with E-state index in [-0.39, 0.29) is 11.9 Å². The number of rotatable bonds is 7. The van der Waals surface area contributed by atoms with Gasteiger partial charge in [-0.05, 0) is 51.5 Å². The van der Waals surface area contributed by atoms with Crippen molar-refractivity contribution in [3.8, 4) is 11.3 Å². The number of hydrogen-bond acceptors (Lipinski definition) is 6. The Bertz CT molecular complexity index is 1120. The highest BCUT2D eigenvalue weighted by molar-refractivity contribution is 5.85. The number of aryl methyl sites for hydroxylation is 1. The van der Waals surface area contributed by atoms with Crippen molar-refractivity contribution < 1.29 is 4.79 Å². The lowest BCUT2D eigenvalue weighted by Gasteiger charge is -2.29. The van der Waals surface area contributed by atoms with Gasteiger partial charge in [0.2, 0.25) is 11.9 Å². The fraction of sp³-hybridized carbons (Fsp3) is 0.440. The third-order valence-electron chi connectivity index (χ3n) is 6.70. The van der Waals surface area contributed by atoms with E-state index in [1.165, 1.54) is 0 Å². The normalized spacial score (nSPS) is 17.3. The molecule has 3 aromatic rings. The van der Waals surface area contributed by atoms with Crippen molar-refractivity contribution in [2.45, 2.75) is 52.0 Å². The molecular formula is C25H31N7O. The zero-order valence-corrected chi connectivity index (χ0v) is 19.3. The van der Waals surface area contributed by atoms with E-state index in [4.69, 9.17) is 9.97 Å². The number of anilines is 3. The number of likely N-dealkylation sites (N-methyl/N-ethyl adjacent to an activating group) is 1. The lowest BCUT2D eigenvalue weighted by molar-refractivity contribution is -0.132. The molecular weight excluding hydrogens is 414 g/mol. The van der Waals surface area contributed by atoms with E-state index in [2.05, 4.69) is 32.5 Å². The Kier molecular flexibility index (Phi) is 5.98. The highest BCUT2D eigenvalue weighted by atomic mass is 16.2. The quantitative estimate of drug-likeness (QED) is 0.573. The van der Waals surface area contributed by atoms with Gasteiger partial charge in [0, 0.05) is 31.3 Å². The lowest BCUT2D eigenvalue weighted by Crippen LogP contribution is -2.46. The summed E-state index contributed by atoms with van der Waals surface area (Å²) in [7, 11) is 0. The van der Waals surface area contributed by atoms with E-state index in [0.717, 1.165) is 85.9 Å². The summed E-state index contributed by atoms with van der Waals surface area (Å²) in [4.78, 5) is 27.0. The summed E-state index contributed by atoms with van der Waals surface area (Å²) in [5, 5.41) is 11.0. The Labute approximate surface area is 194 Å². The largest absolute Gasteiger partial charge is 0.341 e. The third kappa shape index (κ3) is 4.17. The molecule has 2 aliphatic rings. The van der Waals surface area contributed by atoms with E-state index < -0.39 is 0 Å². The number of nitrogens with zero attached hydrogens (tertiary/aromatic N) is 5. The zero-order valence-electron chi connectivity index (χ0n) is 19.3. The van der Waals surface area contributed by atoms with Gasteiger partial charge in [-0.1, -0.05) is 30.3 Å². The first-order chi connectivity index (χ1) is 16.2. The second-order valence-electron chi connectivity index (χ2n) is 8.67. The highest BCUT2D eigenvalue weighted by Crippen LogP contribution is 2.33. The van der Waals surface area contributed by atoms with Crippen LogP contribution in [0.5, 0.6) is 0 Å². The van der Waals surface area contributed by atoms with Gasteiger partial charge in [0.25, 0.3) is 0 Å². The van der Waals surface area contributed by atoms with Crippen molar-refractivity contribution in [3.05, 3.63) is 47.7 Å². The van der Waals surface area contributed by atoms with Crippen molar-refractivity contribution >= 4 is 23.5 Å². The van der Waals surface area contributed by atoms with Crippen LogP contribution in [0.4, 0.5) is 17.6 Å². The molecule has 1 aliphatic heterocycles. The Balaban J connectivity index is 1.43. The van der Waals surface area contributed by atoms with Crippen LogP contribution in [-0.2, 0) is 17.6 Å². The maximum atomic E-state index is 13.1. The first-order valence-electron chi connectivity index (χ1n) is 12.0. The van der Waals surface area contributed by atoms with Gasteiger partial charge in [0.05, 0.1) is 11.4 Å². The van der Waals surface area contributed by atoms with Crippen LogP contribution in [0.3, 0.4) is 0 Å². The molecule has 8 heteroatoms. The van der Waals surface area contributed by atoms with Crippen molar-refractivity contribution in [2.24, 2.45) is 0 Å². The minimum Gasteiger partial charge on any atom is -0.341 e. The van der Waals surface area contributed by atoms with Gasteiger partial charge in [-0.25, -0.2) is 4.98 Å². The van der Waals surface area contributed by atoms with Crippen LogP contribution in [0.15, 0.2) is 36.4 Å². The van der Waals surface area contributed by atoms with E-state index in [1.54, 1.807) is 0 Å². The predicted octanol–water partition coefficient (Wildman–Crippen LogP) is 3.94. The number of carbonyl (C=O) groups is 1. The van der Waals surface area contributed by atoms with Crippen LogP contribution in [0.2, 0.25) is 0 Å². The van der Waals surface area contributed by atoms with E-state index in [9.17, 15) is 4.79 Å². The number of fused-ring (bicyclic) bond motifs is 1. The van der Waals surface area contributed by atoms with E-state index in [1.807, 2.05) is 43.0 Å². The van der Waals surface area contributed by atoms with Gasteiger partial charge in [0.1, 0.15) is 11.9 Å². The molecule has 1 atom stereocenters. The molecule has 2 aromatic heterocycles. The minimum absolute atomic E-state index is 0.177. The SMILES string of the molecule is CCN(CC)C(=O)[C@@H]1CCCN1c1nc2c(c(Nc3cc(-c4ccccc4)[nH]n3)n1)CCC2. The van der Waals surface area contributed by atoms with Crippen LogP contribution >= 0.6 is 0 Å². The van der Waals surface area contributed by atoms with Crippen LogP contribution in [0.1, 0.15) is 44.4 Å². The molecule has 33 heavy (non-hydrogen) atoms. The summed E-state index contributed by atoms with van der Waals surface area (Å²) >= 11 is 0. The molecule has 172 valence electrons. The Hall–Kier alpha value is -3.42. The molecule has 0 radical (unpaired) electrons. The van der Waals surface area contributed by atoms with Crippen molar-refractivity contribution in [1.82, 2.24) is 25.1 Å². The maximum Gasteiger partial charge on any atom is 0.245 e. The van der Waals surface area contributed by atoms with Crippen molar-refractivity contribution in [1.29, 1.82) is 0 Å². The summed E-state index contributed by atoms with van der Waals surface area (Å²) in [6.07, 6.45) is 4.78. The Morgan fingerprint density at radius 3 is 2.76 bits per heavy atom. The number of carbonyl (C=O) groups excluding carboxylic acids is 1. The van der Waals surface area contributed by atoms with E-state index in [0.29, 0.717) is 5.95 Å². The molecule has 1 amide bonds. The van der Waals surface area contributed by atoms with Gasteiger partial charge in [-0.3, -0.25) is 9.89 Å². The summed E-state index contributed by atoms with van der Waals surface area (Å²) in [6, 6.07) is 11.9. The molecule has 2 N–H and O–H groups in total. The first-order valence-corrected chi connectivity index (χ1v) is 12.0. The number of nitrogens with one attached hydrogen (secondary N) is 2. The molecule has 1 saturated heterocycles. The van der Waals surface area contributed by atoms with Gasteiger partial charge < -0.3 is 15.1 Å². The first kappa shape index (κ1) is 21.4. The summed E-state index contributed by atoms with van der Waals surface area (Å²) in [5.74, 6) is 2.36. The van der Waals surface area contributed by atoms with Gasteiger partial charge in [-0.15, -0.1) is 0 Å².